The number of carbonyl (C=O) groups is 1. The first-order valence-corrected chi connectivity index (χ1v) is 5.57. The highest BCUT2D eigenvalue weighted by Crippen LogP contribution is 2.38. The molecule has 1 saturated carbocycles. The van der Waals surface area contributed by atoms with Gasteiger partial charge in [0, 0.05) is 6.92 Å². The van der Waals surface area contributed by atoms with Crippen LogP contribution in [0.4, 0.5) is 0 Å². The minimum atomic E-state index is -0.135. The highest BCUT2D eigenvalue weighted by molar-refractivity contribution is 5.66. The fraction of sp³-hybridized carbons (Fsp3) is 0.917. The van der Waals surface area contributed by atoms with Gasteiger partial charge in [0.2, 0.25) is 0 Å². The lowest BCUT2D eigenvalue weighted by molar-refractivity contribution is -0.148. The standard InChI is InChI=1S/C12H22O2/c1-9(13)14-11-7-5-10(6-8-11)12(2,3)4/h10-11H,5-8H2,1-4H3/t10-,11-. The summed E-state index contributed by atoms with van der Waals surface area (Å²) in [5.74, 6) is 0.651. The van der Waals surface area contributed by atoms with Crippen molar-refractivity contribution in [3.8, 4) is 0 Å². The summed E-state index contributed by atoms with van der Waals surface area (Å²) in [7, 11) is 0. The second kappa shape index (κ2) is 4.33. The Kier molecular flexibility index (Phi) is 3.57. The molecule has 0 atom stereocenters. The Hall–Kier alpha value is -0.530. The van der Waals surface area contributed by atoms with E-state index in [-0.39, 0.29) is 12.1 Å². The summed E-state index contributed by atoms with van der Waals surface area (Å²) in [6, 6.07) is 0. The van der Waals surface area contributed by atoms with Crippen LogP contribution in [0.3, 0.4) is 0 Å². The van der Waals surface area contributed by atoms with E-state index >= 15 is 0 Å². The molecule has 1 aliphatic rings. The summed E-state index contributed by atoms with van der Waals surface area (Å²) in [4.78, 5) is 10.8. The molecule has 1 aliphatic carbocycles. The lowest BCUT2D eigenvalue weighted by Gasteiger charge is -2.36. The van der Waals surface area contributed by atoms with Crippen LogP contribution in [0, 0.1) is 11.3 Å². The maximum atomic E-state index is 10.8. The number of esters is 1. The second-order valence-corrected chi connectivity index (χ2v) is 5.45. The van der Waals surface area contributed by atoms with Crippen LogP contribution in [-0.4, -0.2) is 12.1 Å². The predicted octanol–water partition coefficient (Wildman–Crippen LogP) is 3.15. The van der Waals surface area contributed by atoms with E-state index in [0.29, 0.717) is 5.41 Å². The predicted molar refractivity (Wildman–Crippen MR) is 57.0 cm³/mol. The zero-order valence-corrected chi connectivity index (χ0v) is 9.80. The van der Waals surface area contributed by atoms with Crippen LogP contribution in [0.15, 0.2) is 0 Å². The van der Waals surface area contributed by atoms with Crippen LogP contribution in [-0.2, 0) is 9.53 Å². The van der Waals surface area contributed by atoms with Gasteiger partial charge in [0.1, 0.15) is 6.10 Å². The second-order valence-electron chi connectivity index (χ2n) is 5.45. The van der Waals surface area contributed by atoms with Gasteiger partial charge in [-0.3, -0.25) is 4.79 Å². The van der Waals surface area contributed by atoms with E-state index in [1.165, 1.54) is 19.8 Å². The quantitative estimate of drug-likeness (QED) is 0.605. The summed E-state index contributed by atoms with van der Waals surface area (Å²) in [6.45, 7) is 8.38. The Morgan fingerprint density at radius 3 is 2.00 bits per heavy atom. The van der Waals surface area contributed by atoms with Gasteiger partial charge in [-0.1, -0.05) is 20.8 Å². The van der Waals surface area contributed by atoms with Gasteiger partial charge >= 0.3 is 5.97 Å². The number of rotatable bonds is 1. The van der Waals surface area contributed by atoms with Crippen LogP contribution in [0.5, 0.6) is 0 Å². The molecule has 0 aliphatic heterocycles. The molecular formula is C12H22O2. The molecule has 1 rings (SSSR count). The smallest absolute Gasteiger partial charge is 0.302 e. The van der Waals surface area contributed by atoms with Crippen LogP contribution in [0.1, 0.15) is 53.4 Å². The van der Waals surface area contributed by atoms with E-state index in [9.17, 15) is 4.79 Å². The molecule has 0 saturated heterocycles. The normalized spacial score (nSPS) is 28.6. The van der Waals surface area contributed by atoms with E-state index in [1.54, 1.807) is 0 Å². The first kappa shape index (κ1) is 11.5. The largest absolute Gasteiger partial charge is 0.463 e. The zero-order valence-electron chi connectivity index (χ0n) is 9.80. The number of carbonyl (C=O) groups excluding carboxylic acids is 1. The van der Waals surface area contributed by atoms with Crippen LogP contribution in [0.25, 0.3) is 0 Å². The molecule has 0 aromatic carbocycles. The van der Waals surface area contributed by atoms with Gasteiger partial charge in [0.25, 0.3) is 0 Å². The van der Waals surface area contributed by atoms with Crippen LogP contribution in [0.2, 0.25) is 0 Å². The molecule has 0 aromatic heterocycles. The highest BCUT2D eigenvalue weighted by atomic mass is 16.5. The molecule has 0 unspecified atom stereocenters. The molecule has 0 aromatic rings. The van der Waals surface area contributed by atoms with Crippen molar-refractivity contribution in [2.45, 2.75) is 59.5 Å². The Balaban J connectivity index is 2.35. The van der Waals surface area contributed by atoms with Crippen molar-refractivity contribution < 1.29 is 9.53 Å². The molecule has 2 heteroatoms. The first-order chi connectivity index (χ1) is 6.39. The van der Waals surface area contributed by atoms with E-state index in [2.05, 4.69) is 20.8 Å². The molecular weight excluding hydrogens is 176 g/mol. The van der Waals surface area contributed by atoms with Crippen molar-refractivity contribution in [1.29, 1.82) is 0 Å². The van der Waals surface area contributed by atoms with Crippen molar-refractivity contribution in [3.63, 3.8) is 0 Å². The molecule has 0 N–H and O–H groups in total. The van der Waals surface area contributed by atoms with Crippen LogP contribution >= 0.6 is 0 Å². The number of hydrogen-bond donors (Lipinski definition) is 0. The van der Waals surface area contributed by atoms with Gasteiger partial charge in [0.05, 0.1) is 0 Å². The van der Waals surface area contributed by atoms with Crippen molar-refractivity contribution in [1.82, 2.24) is 0 Å². The Morgan fingerprint density at radius 1 is 1.14 bits per heavy atom. The Labute approximate surface area is 87.0 Å². The monoisotopic (exact) mass is 198 g/mol. The lowest BCUT2D eigenvalue weighted by atomic mass is 9.72. The third kappa shape index (κ3) is 3.32. The van der Waals surface area contributed by atoms with Crippen molar-refractivity contribution in [3.05, 3.63) is 0 Å². The zero-order chi connectivity index (χ0) is 10.8. The minimum absolute atomic E-state index is 0.135. The number of hydrogen-bond acceptors (Lipinski definition) is 2. The molecule has 2 nitrogen and oxygen atoms in total. The first-order valence-electron chi connectivity index (χ1n) is 5.57. The fourth-order valence-electron chi connectivity index (χ4n) is 2.28. The molecule has 0 amide bonds. The van der Waals surface area contributed by atoms with E-state index in [4.69, 9.17) is 4.74 Å². The number of ether oxygens (including phenoxy) is 1. The van der Waals surface area contributed by atoms with Crippen LogP contribution < -0.4 is 0 Å². The summed E-state index contributed by atoms with van der Waals surface area (Å²) < 4.78 is 5.21. The van der Waals surface area contributed by atoms with Crippen molar-refractivity contribution in [2.24, 2.45) is 11.3 Å². The summed E-state index contributed by atoms with van der Waals surface area (Å²) >= 11 is 0. The average molecular weight is 198 g/mol. The third-order valence-corrected chi connectivity index (χ3v) is 3.23. The average Bonchev–Trinajstić information content (AvgIpc) is 2.02. The Bertz CT molecular complexity index is 195. The van der Waals surface area contributed by atoms with E-state index in [1.807, 2.05) is 0 Å². The van der Waals surface area contributed by atoms with E-state index in [0.717, 1.165) is 18.8 Å². The molecule has 82 valence electrons. The maximum Gasteiger partial charge on any atom is 0.302 e. The van der Waals surface area contributed by atoms with Gasteiger partial charge < -0.3 is 4.74 Å². The summed E-state index contributed by atoms with van der Waals surface area (Å²) in [5, 5.41) is 0. The molecule has 0 heterocycles. The van der Waals surface area contributed by atoms with Crippen molar-refractivity contribution in [2.75, 3.05) is 0 Å². The van der Waals surface area contributed by atoms with E-state index < -0.39 is 0 Å². The van der Waals surface area contributed by atoms with Crippen molar-refractivity contribution >= 4 is 5.97 Å². The van der Waals surface area contributed by atoms with Gasteiger partial charge in [-0.05, 0) is 37.0 Å². The summed E-state index contributed by atoms with van der Waals surface area (Å²) in [6.07, 6.45) is 4.66. The summed E-state index contributed by atoms with van der Waals surface area (Å²) in [5.41, 5.74) is 0.404. The van der Waals surface area contributed by atoms with Gasteiger partial charge in [-0.25, -0.2) is 0 Å². The Morgan fingerprint density at radius 2 is 1.64 bits per heavy atom. The van der Waals surface area contributed by atoms with Gasteiger partial charge in [-0.15, -0.1) is 0 Å². The SMILES string of the molecule is CC(=O)O[C@H]1CC[C@H](C(C)(C)C)CC1. The maximum absolute atomic E-state index is 10.8. The molecule has 14 heavy (non-hydrogen) atoms. The fourth-order valence-corrected chi connectivity index (χ4v) is 2.28. The molecule has 0 spiro atoms. The lowest BCUT2D eigenvalue weighted by Crippen LogP contribution is -2.29. The third-order valence-electron chi connectivity index (χ3n) is 3.23. The van der Waals surface area contributed by atoms with Gasteiger partial charge in [-0.2, -0.15) is 0 Å². The molecule has 0 bridgehead atoms. The molecule has 0 radical (unpaired) electrons. The molecule has 1 fully saturated rings. The van der Waals surface area contributed by atoms with Gasteiger partial charge in [0.15, 0.2) is 0 Å². The minimum Gasteiger partial charge on any atom is -0.463 e. The highest BCUT2D eigenvalue weighted by Gasteiger charge is 2.30. The topological polar surface area (TPSA) is 26.3 Å².